The highest BCUT2D eigenvalue weighted by Crippen LogP contribution is 2.40. The number of rotatable bonds is 10. The number of cyclic esters (lactones) is 1. The van der Waals surface area contributed by atoms with E-state index in [0.29, 0.717) is 18.7 Å². The maximum Gasteiger partial charge on any atom is 0.312 e. The Bertz CT molecular complexity index is 1400. The van der Waals surface area contributed by atoms with Crippen LogP contribution in [0, 0.1) is 36.0 Å². The Balaban J connectivity index is 2.21. The van der Waals surface area contributed by atoms with Gasteiger partial charge in [0.15, 0.2) is 6.29 Å². The zero-order chi connectivity index (χ0) is 39.8. The van der Waals surface area contributed by atoms with Crippen LogP contribution in [0.15, 0.2) is 24.4 Å². The summed E-state index contributed by atoms with van der Waals surface area (Å²) < 4.78 is 37.7. The molecule has 0 radical (unpaired) electrons. The first-order chi connectivity index (χ1) is 24.9. The minimum absolute atomic E-state index is 0.0987. The summed E-state index contributed by atoms with van der Waals surface area (Å²) in [6.45, 7) is 13.8. The van der Waals surface area contributed by atoms with E-state index >= 15 is 0 Å². The molecule has 1 aromatic rings. The third-order valence-electron chi connectivity index (χ3n) is 11.3. The lowest BCUT2D eigenvalue weighted by Gasteiger charge is -2.49. The van der Waals surface area contributed by atoms with Crippen molar-refractivity contribution in [3.8, 4) is 12.3 Å². The van der Waals surface area contributed by atoms with Gasteiger partial charge < -0.3 is 38.6 Å². The number of aromatic nitrogens is 1. The molecule has 298 valence electrons. The van der Waals surface area contributed by atoms with Crippen LogP contribution in [-0.4, -0.2) is 126 Å². The lowest BCUT2D eigenvalue weighted by atomic mass is 9.74. The number of hydrogen-bond donors (Lipinski definition) is 2. The molecule has 14 atom stereocenters. The van der Waals surface area contributed by atoms with Crippen LogP contribution in [0.2, 0.25) is 0 Å². The number of ketones is 1. The van der Waals surface area contributed by atoms with Crippen molar-refractivity contribution in [3.05, 3.63) is 30.1 Å². The van der Waals surface area contributed by atoms with E-state index < -0.39 is 83.6 Å². The predicted octanol–water partition coefficient (Wildman–Crippen LogP) is 3.36. The van der Waals surface area contributed by atoms with Crippen molar-refractivity contribution in [2.24, 2.45) is 23.7 Å². The molecule has 2 saturated heterocycles. The molecular weight excluding hydrogens is 684 g/mol. The molecule has 13 heteroatoms. The fourth-order valence-electron chi connectivity index (χ4n) is 8.06. The highest BCUT2D eigenvalue weighted by Gasteiger charge is 2.53. The third kappa shape index (κ3) is 10.4. The fraction of sp³-hybridized carbons (Fsp3) is 0.750. The maximum absolute atomic E-state index is 14.1. The van der Waals surface area contributed by atoms with E-state index in [1.807, 2.05) is 18.9 Å². The molecule has 2 N–H and O–H groups in total. The lowest BCUT2D eigenvalue weighted by Crippen LogP contribution is -2.61. The van der Waals surface area contributed by atoms with Crippen molar-refractivity contribution < 1.29 is 53.0 Å². The Morgan fingerprint density at radius 3 is 2.36 bits per heavy atom. The van der Waals surface area contributed by atoms with Crippen molar-refractivity contribution in [3.63, 3.8) is 0 Å². The molecular formula is C40H62N2O11. The standard InChI is InChI=1S/C40H62N2O11/c1-13-19-42(10)29-20-24(4)50-38(34(29)48-11)53-36-26(6)33(52-31(43)21-28-17-15-16-18-41-28)27(7)37(46)51-30(14-2)40(9,47)35(45)25(5)32(44)23(3)22-39(36,8)49-12/h1,15-18,23-27,29-30,33-36,38,45,47H,14,19-22H2,2-12H3/t23-,24+,25-,26+,27-,29-,30-,33+,34+,35-,36-,38?,39-,40-/m1/s1. The van der Waals surface area contributed by atoms with Crippen LogP contribution in [0.25, 0.3) is 0 Å². The van der Waals surface area contributed by atoms with Gasteiger partial charge in [0.2, 0.25) is 0 Å². The van der Waals surface area contributed by atoms with Gasteiger partial charge in [-0.1, -0.05) is 39.7 Å². The Morgan fingerprint density at radius 1 is 1.11 bits per heavy atom. The van der Waals surface area contributed by atoms with Gasteiger partial charge in [-0.25, -0.2) is 0 Å². The number of terminal acetylenes is 1. The number of nitrogens with zero attached hydrogens (tertiary/aromatic N) is 2. The number of aliphatic hydroxyl groups excluding tert-OH is 1. The van der Waals surface area contributed by atoms with Crippen LogP contribution in [-0.2, 0) is 49.2 Å². The molecule has 1 aromatic heterocycles. The first kappa shape index (κ1) is 44.4. The molecule has 0 bridgehead atoms. The molecule has 0 spiro atoms. The summed E-state index contributed by atoms with van der Waals surface area (Å²) in [5, 5.41) is 23.0. The SMILES string of the molecule is C#CCN(C)[C@@H]1C[C@H](C)OC(O[C@@H]2[C@@H](C)[C@H](OC(=O)Cc3ccccn3)[C@@H](C)C(=O)O[C@H](CC)[C@@](C)(O)[C@H](O)[C@H](C)C(=O)[C@H](C)C[C@@]2(C)OC)[C@H]1OC. The van der Waals surface area contributed by atoms with E-state index in [9.17, 15) is 24.6 Å². The summed E-state index contributed by atoms with van der Waals surface area (Å²) in [5.41, 5.74) is -2.78. The van der Waals surface area contributed by atoms with Crippen molar-refractivity contribution in [1.82, 2.24) is 9.88 Å². The van der Waals surface area contributed by atoms with E-state index in [1.165, 1.54) is 14.0 Å². The van der Waals surface area contributed by atoms with Crippen molar-refractivity contribution in [2.75, 3.05) is 27.8 Å². The van der Waals surface area contributed by atoms with Gasteiger partial charge in [0, 0.05) is 44.2 Å². The molecule has 0 aromatic carbocycles. The van der Waals surface area contributed by atoms with Gasteiger partial charge in [-0.3, -0.25) is 24.3 Å². The molecule has 3 rings (SSSR count). The Hall–Kier alpha value is -2.96. The molecule has 3 heterocycles. The van der Waals surface area contributed by atoms with Gasteiger partial charge in [0.25, 0.3) is 0 Å². The van der Waals surface area contributed by atoms with Gasteiger partial charge in [-0.2, -0.15) is 0 Å². The summed E-state index contributed by atoms with van der Waals surface area (Å²) in [6, 6.07) is 5.00. The van der Waals surface area contributed by atoms with E-state index in [4.69, 9.17) is 34.8 Å². The number of carbonyl (C=O) groups is 3. The molecule has 53 heavy (non-hydrogen) atoms. The first-order valence-electron chi connectivity index (χ1n) is 18.6. The van der Waals surface area contributed by atoms with E-state index in [-0.39, 0.29) is 37.2 Å². The molecule has 2 aliphatic heterocycles. The normalized spacial score (nSPS) is 39.1. The lowest BCUT2D eigenvalue weighted by molar-refractivity contribution is -0.305. The van der Waals surface area contributed by atoms with E-state index in [1.54, 1.807) is 73.0 Å². The predicted molar refractivity (Wildman–Crippen MR) is 196 cm³/mol. The van der Waals surface area contributed by atoms with Crippen LogP contribution < -0.4 is 0 Å². The molecule has 0 amide bonds. The maximum atomic E-state index is 14.1. The van der Waals surface area contributed by atoms with Crippen molar-refractivity contribution in [1.29, 1.82) is 0 Å². The fourth-order valence-corrected chi connectivity index (χ4v) is 8.06. The van der Waals surface area contributed by atoms with Crippen molar-refractivity contribution in [2.45, 2.75) is 141 Å². The Morgan fingerprint density at radius 2 is 1.79 bits per heavy atom. The topological polar surface area (TPSA) is 163 Å². The summed E-state index contributed by atoms with van der Waals surface area (Å²) in [5.74, 6) is -2.67. The van der Waals surface area contributed by atoms with E-state index in [2.05, 4.69) is 10.9 Å². The molecule has 2 aliphatic rings. The first-order valence-corrected chi connectivity index (χ1v) is 18.6. The Labute approximate surface area is 315 Å². The Kier molecular flexibility index (Phi) is 16.0. The van der Waals surface area contributed by atoms with Crippen molar-refractivity contribution >= 4 is 17.7 Å². The monoisotopic (exact) mass is 746 g/mol. The summed E-state index contributed by atoms with van der Waals surface area (Å²) in [4.78, 5) is 47.9. The second-order valence-electron chi connectivity index (χ2n) is 15.4. The van der Waals surface area contributed by atoms with Crippen LogP contribution in [0.3, 0.4) is 0 Å². The number of ether oxygens (including phenoxy) is 6. The molecule has 13 nitrogen and oxygen atoms in total. The quantitative estimate of drug-likeness (QED) is 0.265. The smallest absolute Gasteiger partial charge is 0.312 e. The summed E-state index contributed by atoms with van der Waals surface area (Å²) in [6.07, 6.45) is 1.18. The average molecular weight is 747 g/mol. The second kappa shape index (κ2) is 19.1. The molecule has 0 aliphatic carbocycles. The van der Waals surface area contributed by atoms with Crippen LogP contribution in [0.5, 0.6) is 0 Å². The number of carbonyl (C=O) groups excluding carboxylic acids is 3. The van der Waals surface area contributed by atoms with E-state index in [0.717, 1.165) is 0 Å². The minimum Gasteiger partial charge on any atom is -0.461 e. The van der Waals surface area contributed by atoms with Crippen LogP contribution in [0.1, 0.15) is 80.3 Å². The average Bonchev–Trinajstić information content (AvgIpc) is 3.12. The number of hydrogen-bond acceptors (Lipinski definition) is 13. The minimum atomic E-state index is -1.98. The zero-order valence-corrected chi connectivity index (χ0v) is 33.3. The largest absolute Gasteiger partial charge is 0.461 e. The summed E-state index contributed by atoms with van der Waals surface area (Å²) in [7, 11) is 4.97. The summed E-state index contributed by atoms with van der Waals surface area (Å²) >= 11 is 0. The van der Waals surface area contributed by atoms with Crippen LogP contribution >= 0.6 is 0 Å². The van der Waals surface area contributed by atoms with Gasteiger partial charge in [-0.15, -0.1) is 6.42 Å². The number of aliphatic hydroxyl groups is 2. The number of likely N-dealkylation sites (N-methyl/N-ethyl adjacent to an activating group) is 1. The number of pyridine rings is 1. The number of esters is 2. The number of methoxy groups -OCH3 is 2. The second-order valence-corrected chi connectivity index (χ2v) is 15.4. The molecule has 1 unspecified atom stereocenters. The zero-order valence-electron chi connectivity index (χ0n) is 33.3. The van der Waals surface area contributed by atoms with Gasteiger partial charge in [0.05, 0.1) is 48.5 Å². The van der Waals surface area contributed by atoms with Gasteiger partial charge >= 0.3 is 11.9 Å². The number of Topliss-reactive ketones (excluding diaryl/α,β-unsaturated/α-hetero) is 1. The molecule has 0 saturated carbocycles. The highest BCUT2D eigenvalue weighted by atomic mass is 16.7. The highest BCUT2D eigenvalue weighted by molar-refractivity contribution is 5.83. The third-order valence-corrected chi connectivity index (χ3v) is 11.3. The van der Waals surface area contributed by atoms with Gasteiger partial charge in [-0.05, 0) is 66.1 Å². The van der Waals surface area contributed by atoms with Crippen LogP contribution in [0.4, 0.5) is 0 Å². The van der Waals surface area contributed by atoms with Gasteiger partial charge in [0.1, 0.15) is 29.7 Å². The molecule has 2 fully saturated rings.